The second-order valence-electron chi connectivity index (χ2n) is 5.63. The Balaban J connectivity index is 1.62. The minimum Gasteiger partial charge on any atom is -0.388 e. The van der Waals surface area contributed by atoms with Crippen LogP contribution in [0.5, 0.6) is 0 Å². The molecule has 16 heavy (non-hydrogen) atoms. The number of aryl methyl sites for hydroxylation is 1. The van der Waals surface area contributed by atoms with Crippen LogP contribution < -0.4 is 0 Å². The molecule has 1 N–H and O–H groups in total. The molecule has 4 unspecified atom stereocenters. The highest BCUT2D eigenvalue weighted by Crippen LogP contribution is 2.50. The van der Waals surface area contributed by atoms with Gasteiger partial charge in [-0.3, -0.25) is 4.68 Å². The van der Waals surface area contributed by atoms with Crippen LogP contribution in [0.2, 0.25) is 0 Å². The zero-order valence-electron chi connectivity index (χ0n) is 9.84. The van der Waals surface area contributed by atoms with E-state index in [0.717, 1.165) is 29.7 Å². The summed E-state index contributed by atoms with van der Waals surface area (Å²) in [5.41, 5.74) is 0.977. The molecular formula is C13H20N2O. The lowest BCUT2D eigenvalue weighted by Crippen LogP contribution is -2.14. The quantitative estimate of drug-likeness (QED) is 0.848. The van der Waals surface area contributed by atoms with Crippen LogP contribution in [-0.2, 0) is 7.05 Å². The van der Waals surface area contributed by atoms with Gasteiger partial charge in [-0.1, -0.05) is 6.42 Å². The highest BCUT2D eigenvalue weighted by atomic mass is 16.3. The second kappa shape index (κ2) is 3.88. The molecule has 3 heteroatoms. The molecule has 0 aliphatic heterocycles. The first-order chi connectivity index (χ1) is 7.72. The molecule has 0 amide bonds. The summed E-state index contributed by atoms with van der Waals surface area (Å²) >= 11 is 0. The van der Waals surface area contributed by atoms with Gasteiger partial charge in [0.15, 0.2) is 0 Å². The largest absolute Gasteiger partial charge is 0.388 e. The van der Waals surface area contributed by atoms with Crippen molar-refractivity contribution >= 4 is 0 Å². The Hall–Kier alpha value is -0.830. The normalized spacial score (nSPS) is 34.5. The third-order valence-electron chi connectivity index (χ3n) is 4.52. The fourth-order valence-corrected chi connectivity index (χ4v) is 3.70. The van der Waals surface area contributed by atoms with Gasteiger partial charge < -0.3 is 5.11 Å². The minimum atomic E-state index is -0.307. The molecule has 1 heterocycles. The lowest BCUT2D eigenvalue weighted by Gasteiger charge is -2.23. The van der Waals surface area contributed by atoms with Gasteiger partial charge in [-0.2, -0.15) is 5.10 Å². The van der Waals surface area contributed by atoms with Crippen LogP contribution in [0.25, 0.3) is 0 Å². The van der Waals surface area contributed by atoms with Crippen LogP contribution in [0.15, 0.2) is 12.4 Å². The summed E-state index contributed by atoms with van der Waals surface area (Å²) in [6.07, 6.45) is 9.95. The number of hydrogen-bond donors (Lipinski definition) is 1. The van der Waals surface area contributed by atoms with E-state index in [2.05, 4.69) is 5.10 Å². The maximum Gasteiger partial charge on any atom is 0.0823 e. The van der Waals surface area contributed by atoms with Crippen LogP contribution in [0.3, 0.4) is 0 Å². The first-order valence-electron chi connectivity index (χ1n) is 6.39. The van der Waals surface area contributed by atoms with Crippen LogP contribution >= 0.6 is 0 Å². The second-order valence-corrected chi connectivity index (χ2v) is 5.63. The molecule has 2 aliphatic rings. The molecule has 88 valence electrons. The van der Waals surface area contributed by atoms with Gasteiger partial charge in [0.2, 0.25) is 0 Å². The number of hydrogen-bond acceptors (Lipinski definition) is 2. The molecular weight excluding hydrogens is 200 g/mol. The van der Waals surface area contributed by atoms with E-state index in [1.54, 1.807) is 10.9 Å². The van der Waals surface area contributed by atoms with Gasteiger partial charge in [-0.05, 0) is 43.4 Å². The van der Waals surface area contributed by atoms with Crippen molar-refractivity contribution in [1.29, 1.82) is 0 Å². The molecule has 3 rings (SSSR count). The maximum atomic E-state index is 10.2. The zero-order chi connectivity index (χ0) is 11.1. The Morgan fingerprint density at radius 2 is 2.38 bits per heavy atom. The summed E-state index contributed by atoms with van der Waals surface area (Å²) in [5.74, 6) is 2.63. The van der Waals surface area contributed by atoms with Crippen LogP contribution in [0.4, 0.5) is 0 Å². The van der Waals surface area contributed by atoms with Crippen molar-refractivity contribution in [3.05, 3.63) is 18.0 Å². The molecule has 0 radical (unpaired) electrons. The van der Waals surface area contributed by atoms with Crippen molar-refractivity contribution < 1.29 is 5.11 Å². The number of aromatic nitrogens is 2. The van der Waals surface area contributed by atoms with Gasteiger partial charge in [0.25, 0.3) is 0 Å². The van der Waals surface area contributed by atoms with Gasteiger partial charge in [-0.15, -0.1) is 0 Å². The lowest BCUT2D eigenvalue weighted by atomic mass is 9.84. The highest BCUT2D eigenvalue weighted by Gasteiger charge is 2.40. The molecule has 0 spiro atoms. The van der Waals surface area contributed by atoms with E-state index in [9.17, 15) is 5.11 Å². The van der Waals surface area contributed by atoms with Crippen LogP contribution in [0.1, 0.15) is 43.8 Å². The summed E-state index contributed by atoms with van der Waals surface area (Å²) in [6.45, 7) is 0. The summed E-state index contributed by atoms with van der Waals surface area (Å²) < 4.78 is 1.76. The summed E-state index contributed by atoms with van der Waals surface area (Å²) in [4.78, 5) is 0. The first-order valence-corrected chi connectivity index (χ1v) is 6.39. The van der Waals surface area contributed by atoms with E-state index < -0.39 is 0 Å². The number of rotatable bonds is 3. The predicted molar refractivity (Wildman–Crippen MR) is 61.7 cm³/mol. The number of fused-ring (bicyclic) bond motifs is 2. The molecule has 4 atom stereocenters. The molecule has 1 aromatic rings. The average Bonchev–Trinajstić information content (AvgIpc) is 2.92. The van der Waals surface area contributed by atoms with Crippen molar-refractivity contribution in [1.82, 2.24) is 9.78 Å². The van der Waals surface area contributed by atoms with Gasteiger partial charge >= 0.3 is 0 Å². The first kappa shape index (κ1) is 10.3. The minimum absolute atomic E-state index is 0.307. The molecule has 2 aliphatic carbocycles. The Kier molecular flexibility index (Phi) is 2.51. The molecule has 2 bridgehead atoms. The van der Waals surface area contributed by atoms with Crippen molar-refractivity contribution in [2.45, 2.75) is 38.2 Å². The number of nitrogens with zero attached hydrogens (tertiary/aromatic N) is 2. The summed E-state index contributed by atoms with van der Waals surface area (Å²) in [5, 5.41) is 14.3. The Morgan fingerprint density at radius 1 is 1.50 bits per heavy atom. The molecule has 0 aromatic carbocycles. The summed E-state index contributed by atoms with van der Waals surface area (Å²) in [7, 11) is 1.90. The lowest BCUT2D eigenvalue weighted by molar-refractivity contribution is 0.125. The molecule has 2 saturated carbocycles. The monoisotopic (exact) mass is 220 g/mol. The van der Waals surface area contributed by atoms with Gasteiger partial charge in [0.1, 0.15) is 0 Å². The van der Waals surface area contributed by atoms with E-state index in [1.165, 1.54) is 25.7 Å². The van der Waals surface area contributed by atoms with Gasteiger partial charge in [0, 0.05) is 18.8 Å². The van der Waals surface area contributed by atoms with Gasteiger partial charge in [-0.25, -0.2) is 0 Å². The zero-order valence-corrected chi connectivity index (χ0v) is 9.84. The van der Waals surface area contributed by atoms with Crippen molar-refractivity contribution in [2.24, 2.45) is 24.8 Å². The average molecular weight is 220 g/mol. The van der Waals surface area contributed by atoms with Crippen molar-refractivity contribution in [3.8, 4) is 0 Å². The van der Waals surface area contributed by atoms with Crippen LogP contribution in [0, 0.1) is 17.8 Å². The Morgan fingerprint density at radius 3 is 2.94 bits per heavy atom. The highest BCUT2D eigenvalue weighted by molar-refractivity contribution is 5.08. The predicted octanol–water partition coefficient (Wildman–Crippen LogP) is 2.28. The molecule has 2 fully saturated rings. The third-order valence-corrected chi connectivity index (χ3v) is 4.52. The van der Waals surface area contributed by atoms with E-state index >= 15 is 0 Å². The third kappa shape index (κ3) is 1.77. The molecule has 3 nitrogen and oxygen atoms in total. The SMILES string of the molecule is Cn1cc(C(O)CC2CC3CCC2C3)cn1. The Bertz CT molecular complexity index is 374. The fourth-order valence-electron chi connectivity index (χ4n) is 3.70. The molecule has 0 saturated heterocycles. The van der Waals surface area contributed by atoms with E-state index in [0.29, 0.717) is 0 Å². The standard InChI is InChI=1S/C13H20N2O/c1-15-8-12(7-14-15)13(16)6-11-5-9-2-3-10(11)4-9/h7-11,13,16H,2-6H2,1H3. The van der Waals surface area contributed by atoms with E-state index in [1.807, 2.05) is 13.2 Å². The maximum absolute atomic E-state index is 10.2. The van der Waals surface area contributed by atoms with Gasteiger partial charge in [0.05, 0.1) is 12.3 Å². The van der Waals surface area contributed by atoms with Crippen LogP contribution in [-0.4, -0.2) is 14.9 Å². The van der Waals surface area contributed by atoms with Crippen molar-refractivity contribution in [3.63, 3.8) is 0 Å². The van der Waals surface area contributed by atoms with Crippen molar-refractivity contribution in [2.75, 3.05) is 0 Å². The molecule has 1 aromatic heterocycles. The Labute approximate surface area is 96.5 Å². The topological polar surface area (TPSA) is 38.0 Å². The number of aliphatic hydroxyl groups is 1. The number of aliphatic hydroxyl groups excluding tert-OH is 1. The van der Waals surface area contributed by atoms with E-state index in [4.69, 9.17) is 0 Å². The smallest absolute Gasteiger partial charge is 0.0823 e. The fraction of sp³-hybridized carbons (Fsp3) is 0.769. The summed E-state index contributed by atoms with van der Waals surface area (Å²) in [6, 6.07) is 0. The van der Waals surface area contributed by atoms with E-state index in [-0.39, 0.29) is 6.10 Å².